The van der Waals surface area contributed by atoms with Crippen molar-refractivity contribution in [1.82, 2.24) is 16.1 Å². The Kier molecular flexibility index (Phi) is 11.3. The van der Waals surface area contributed by atoms with Crippen LogP contribution in [0.1, 0.15) is 73.1 Å². The van der Waals surface area contributed by atoms with Gasteiger partial charge in [-0.2, -0.15) is 0 Å². The average molecular weight is 681 g/mol. The molecule has 0 radical (unpaired) electrons. The highest BCUT2D eigenvalue weighted by Crippen LogP contribution is 2.65. The molecule has 260 valence electrons. The number of amides is 2. The van der Waals surface area contributed by atoms with E-state index in [2.05, 4.69) is 74.5 Å². The van der Waals surface area contributed by atoms with Crippen molar-refractivity contribution in [2.75, 3.05) is 12.3 Å². The molecule has 3 saturated carbocycles. The number of benzene rings is 2. The molecular weight excluding hydrogens is 631 g/mol. The highest BCUT2D eigenvalue weighted by Gasteiger charge is 2.68. The van der Waals surface area contributed by atoms with Gasteiger partial charge in [0, 0.05) is 23.6 Å². The van der Waals surface area contributed by atoms with Crippen molar-refractivity contribution in [3.8, 4) is 0 Å². The number of nitro groups is 1. The first kappa shape index (κ1) is 35.9. The second-order valence-corrected chi connectivity index (χ2v) is 15.8. The molecule has 6 atom stereocenters. The third kappa shape index (κ3) is 8.26. The van der Waals surface area contributed by atoms with Crippen molar-refractivity contribution < 1.29 is 23.9 Å². The summed E-state index contributed by atoms with van der Waals surface area (Å²) in [5.74, 6) is 0.521. The number of thioether (sulfide) groups is 1. The van der Waals surface area contributed by atoms with E-state index < -0.39 is 29.7 Å². The molecule has 6 rings (SSSR count). The summed E-state index contributed by atoms with van der Waals surface area (Å²) in [5, 5.41) is 18.3. The SMILES string of the molecule is CC(C)C[C@H](NC(=O)[C@H](CCCN=C(N)N[N+](=O)[O-])NC(=O)CCSc1ccc2ccccc2c1)B1O[C@@H]2C[C@@H]3C[C@@H](C3(C)C)[C@]2(C)O1. The number of nitrogens with zero attached hydrogens (tertiary/aromatic N) is 2. The number of fused-ring (bicyclic) bond motifs is 1. The molecule has 2 bridgehead atoms. The van der Waals surface area contributed by atoms with E-state index in [1.807, 2.05) is 23.6 Å². The predicted octanol–water partition coefficient (Wildman–Crippen LogP) is 4.48. The van der Waals surface area contributed by atoms with Crippen LogP contribution in [0.3, 0.4) is 0 Å². The minimum absolute atomic E-state index is 0.0162. The average Bonchev–Trinajstić information content (AvgIpc) is 3.38. The number of rotatable bonds is 15. The monoisotopic (exact) mass is 680 g/mol. The van der Waals surface area contributed by atoms with Crippen LogP contribution < -0.4 is 21.8 Å². The Morgan fingerprint density at radius 2 is 1.90 bits per heavy atom. The summed E-state index contributed by atoms with van der Waals surface area (Å²) in [4.78, 5) is 42.7. The summed E-state index contributed by atoms with van der Waals surface area (Å²) < 4.78 is 13.3. The van der Waals surface area contributed by atoms with Gasteiger partial charge in [-0.05, 0) is 85.1 Å². The lowest BCUT2D eigenvalue weighted by molar-refractivity contribution is -0.525. The molecule has 0 aromatic heterocycles. The molecule has 14 heteroatoms. The van der Waals surface area contributed by atoms with Crippen LogP contribution in [-0.2, 0) is 18.9 Å². The van der Waals surface area contributed by atoms with Crippen molar-refractivity contribution in [2.24, 2.45) is 33.9 Å². The Morgan fingerprint density at radius 1 is 1.15 bits per heavy atom. The van der Waals surface area contributed by atoms with Crippen LogP contribution in [0.4, 0.5) is 0 Å². The maximum Gasteiger partial charge on any atom is 0.481 e. The van der Waals surface area contributed by atoms with E-state index in [0.29, 0.717) is 30.4 Å². The molecule has 3 aliphatic carbocycles. The molecule has 4 aliphatic rings. The fourth-order valence-corrected chi connectivity index (χ4v) is 8.68. The van der Waals surface area contributed by atoms with Gasteiger partial charge in [0.25, 0.3) is 5.96 Å². The second-order valence-electron chi connectivity index (χ2n) is 14.6. The van der Waals surface area contributed by atoms with Crippen molar-refractivity contribution in [3.05, 3.63) is 52.6 Å². The van der Waals surface area contributed by atoms with Gasteiger partial charge in [-0.25, -0.2) is 15.1 Å². The smallest absolute Gasteiger partial charge is 0.404 e. The molecular formula is C34H49BN6O6S. The third-order valence-corrected chi connectivity index (χ3v) is 11.5. The van der Waals surface area contributed by atoms with Gasteiger partial charge in [-0.1, -0.05) is 63.5 Å². The van der Waals surface area contributed by atoms with Gasteiger partial charge in [0.1, 0.15) is 6.04 Å². The summed E-state index contributed by atoms with van der Waals surface area (Å²) in [6, 6.07) is 13.5. The van der Waals surface area contributed by atoms with Gasteiger partial charge >= 0.3 is 7.12 Å². The molecule has 0 unspecified atom stereocenters. The van der Waals surface area contributed by atoms with Crippen LogP contribution in [-0.4, -0.2) is 65.9 Å². The lowest BCUT2D eigenvalue weighted by Gasteiger charge is -2.64. The van der Waals surface area contributed by atoms with E-state index in [1.165, 1.54) is 0 Å². The minimum Gasteiger partial charge on any atom is -0.404 e. The summed E-state index contributed by atoms with van der Waals surface area (Å²) in [6.07, 6.45) is 3.57. The second kappa shape index (κ2) is 15.0. The first-order valence-corrected chi connectivity index (χ1v) is 18.0. The van der Waals surface area contributed by atoms with Gasteiger partial charge in [-0.15, -0.1) is 11.8 Å². The summed E-state index contributed by atoms with van der Waals surface area (Å²) in [5.41, 5.74) is 7.16. The molecule has 48 heavy (non-hydrogen) atoms. The molecule has 5 N–H and O–H groups in total. The van der Waals surface area contributed by atoms with Gasteiger partial charge in [0.15, 0.2) is 5.03 Å². The number of hydrazine groups is 1. The van der Waals surface area contributed by atoms with Crippen LogP contribution in [0.25, 0.3) is 10.8 Å². The number of hydrogen-bond acceptors (Lipinski definition) is 8. The zero-order chi connectivity index (χ0) is 34.6. The minimum atomic E-state index is -0.844. The van der Waals surface area contributed by atoms with Gasteiger partial charge < -0.3 is 25.7 Å². The van der Waals surface area contributed by atoms with Gasteiger partial charge in [-0.3, -0.25) is 9.59 Å². The van der Waals surface area contributed by atoms with Crippen molar-refractivity contribution in [2.45, 2.75) is 102 Å². The van der Waals surface area contributed by atoms with Gasteiger partial charge in [0.05, 0.1) is 17.6 Å². The van der Waals surface area contributed by atoms with Crippen molar-refractivity contribution in [1.29, 1.82) is 0 Å². The van der Waals surface area contributed by atoms with Crippen LogP contribution in [0.2, 0.25) is 0 Å². The fourth-order valence-electron chi connectivity index (χ4n) is 7.78. The summed E-state index contributed by atoms with van der Waals surface area (Å²) in [7, 11) is -0.589. The topological polar surface area (TPSA) is 170 Å². The van der Waals surface area contributed by atoms with Crippen LogP contribution in [0.5, 0.6) is 0 Å². The number of hydrogen-bond donors (Lipinski definition) is 4. The first-order valence-electron chi connectivity index (χ1n) is 17.0. The van der Waals surface area contributed by atoms with Crippen LogP contribution in [0.15, 0.2) is 52.4 Å². The lowest BCUT2D eigenvalue weighted by Crippen LogP contribution is -2.65. The zero-order valence-corrected chi connectivity index (χ0v) is 29.4. The molecule has 2 amide bonds. The Balaban J connectivity index is 1.22. The number of guanidine groups is 1. The Hall–Kier alpha value is -3.36. The van der Waals surface area contributed by atoms with Crippen LogP contribution in [0, 0.1) is 33.3 Å². The Morgan fingerprint density at radius 3 is 2.60 bits per heavy atom. The molecule has 0 spiro atoms. The normalized spacial score (nSPS) is 25.6. The molecule has 4 fully saturated rings. The number of nitrogens with two attached hydrogens (primary N) is 1. The molecule has 1 saturated heterocycles. The molecule has 1 heterocycles. The molecule has 1 aliphatic heterocycles. The standard InChI is InChI=1S/C34H49BN6O6S/c1-21(2)17-29(35-46-28-20-24-19-27(33(24,3)4)34(28,5)47-35)39-31(43)26(11-8-15-37-32(36)40-41(44)45)38-30(42)14-16-48-25-13-12-22-9-6-7-10-23(22)18-25/h6-7,9-10,12-13,18,21,24,26-29H,8,11,14-17,19-20H2,1-5H3,(H,38,42)(H,39,43)(H3,36,37,40)/t24-,26-,27-,28+,29-,34-/m0/s1. The first-order chi connectivity index (χ1) is 22.8. The van der Waals surface area contributed by atoms with E-state index in [0.717, 1.165) is 28.5 Å². The van der Waals surface area contributed by atoms with Crippen LogP contribution >= 0.6 is 11.8 Å². The zero-order valence-electron chi connectivity index (χ0n) is 28.6. The maximum absolute atomic E-state index is 13.9. The number of aliphatic imine (C=N–C) groups is 1. The van der Waals surface area contributed by atoms with E-state index in [-0.39, 0.29) is 54.6 Å². The molecule has 12 nitrogen and oxygen atoms in total. The Bertz CT molecular complexity index is 1530. The van der Waals surface area contributed by atoms with Crippen molar-refractivity contribution in [3.63, 3.8) is 0 Å². The molecule has 2 aromatic carbocycles. The number of nitrogens with one attached hydrogen (secondary N) is 3. The van der Waals surface area contributed by atoms with E-state index in [4.69, 9.17) is 15.0 Å². The maximum atomic E-state index is 13.9. The van der Waals surface area contributed by atoms with E-state index in [1.54, 1.807) is 11.8 Å². The third-order valence-electron chi connectivity index (χ3n) is 10.5. The number of carbonyl (C=O) groups is 2. The van der Waals surface area contributed by atoms with E-state index in [9.17, 15) is 19.7 Å². The largest absolute Gasteiger partial charge is 0.481 e. The van der Waals surface area contributed by atoms with Crippen molar-refractivity contribution >= 4 is 47.4 Å². The highest BCUT2D eigenvalue weighted by atomic mass is 32.2. The number of carbonyl (C=O) groups excluding carboxylic acids is 2. The quantitative estimate of drug-likeness (QED) is 0.0403. The Labute approximate surface area is 287 Å². The predicted molar refractivity (Wildman–Crippen MR) is 189 cm³/mol. The van der Waals surface area contributed by atoms with E-state index >= 15 is 0 Å². The lowest BCUT2D eigenvalue weighted by atomic mass is 9.43. The summed E-state index contributed by atoms with van der Waals surface area (Å²) >= 11 is 1.59. The molecule has 2 aromatic rings. The summed E-state index contributed by atoms with van der Waals surface area (Å²) in [6.45, 7) is 11.1. The highest BCUT2D eigenvalue weighted by molar-refractivity contribution is 7.99. The fraction of sp³-hybridized carbons (Fsp3) is 0.618. The van der Waals surface area contributed by atoms with Gasteiger partial charge in [0.2, 0.25) is 11.8 Å².